The summed E-state index contributed by atoms with van der Waals surface area (Å²) >= 11 is -0.588. The van der Waals surface area contributed by atoms with Crippen molar-refractivity contribution in [3.8, 4) is 0 Å². The smallest absolute Gasteiger partial charge is 2.00 e. The van der Waals surface area contributed by atoms with Crippen molar-refractivity contribution in [1.82, 2.24) is 0 Å². The Morgan fingerprint density at radius 2 is 1.28 bits per heavy atom. The van der Waals surface area contributed by atoms with Gasteiger partial charge in [-0.1, -0.05) is 0 Å². The van der Waals surface area contributed by atoms with Crippen LogP contribution in [0.1, 0.15) is 39.5 Å². The van der Waals surface area contributed by atoms with Gasteiger partial charge in [0.15, 0.2) is 0 Å². The molecule has 0 amide bonds. The van der Waals surface area contributed by atoms with Gasteiger partial charge in [0, 0.05) is 0 Å². The van der Waals surface area contributed by atoms with E-state index in [0.717, 1.165) is 21.7 Å². The Bertz CT molecular complexity index is 202. The maximum absolute atomic E-state index is 11.2. The van der Waals surface area contributed by atoms with E-state index in [1.807, 2.05) is 13.8 Å². The number of carbonyl (C=O) groups is 2. The number of esters is 2. The van der Waals surface area contributed by atoms with E-state index in [1.165, 1.54) is 0 Å². The van der Waals surface area contributed by atoms with Gasteiger partial charge in [-0.2, -0.15) is 0 Å². The van der Waals surface area contributed by atoms with Crippen molar-refractivity contribution in [2.24, 2.45) is 0 Å². The first-order valence-corrected chi connectivity index (χ1v) is 10.3. The first-order valence-electron chi connectivity index (χ1n) is 6.22. The monoisotopic (exact) mass is 382 g/mol. The van der Waals surface area contributed by atoms with Crippen molar-refractivity contribution in [3.63, 3.8) is 0 Å². The van der Waals surface area contributed by atoms with Crippen molar-refractivity contribution in [2.45, 2.75) is 48.4 Å². The molecule has 0 aliphatic rings. The van der Waals surface area contributed by atoms with Crippen molar-refractivity contribution in [3.05, 3.63) is 0 Å². The van der Waals surface area contributed by atoms with Gasteiger partial charge in [0.05, 0.1) is 0 Å². The SMILES string of the molecule is CCCOC(=O)C[CH2][Sn+2][CH2]CC(=O)OCCC.[S-2]. The molecule has 0 atom stereocenters. The zero-order valence-corrected chi connectivity index (χ0v) is 14.9. The van der Waals surface area contributed by atoms with E-state index in [2.05, 4.69) is 0 Å². The van der Waals surface area contributed by atoms with Crippen LogP contribution in [0.4, 0.5) is 0 Å². The molecule has 0 unspecified atom stereocenters. The molecule has 0 spiro atoms. The molecule has 4 nitrogen and oxygen atoms in total. The molecule has 0 fully saturated rings. The quantitative estimate of drug-likeness (QED) is 0.331. The Labute approximate surface area is 127 Å². The molecule has 0 bridgehead atoms. The molecule has 18 heavy (non-hydrogen) atoms. The van der Waals surface area contributed by atoms with Crippen molar-refractivity contribution < 1.29 is 19.1 Å². The average Bonchev–Trinajstić information content (AvgIpc) is 2.33. The molecule has 0 N–H and O–H groups in total. The van der Waals surface area contributed by atoms with Crippen LogP contribution in [-0.4, -0.2) is 46.3 Å². The molecule has 0 aromatic rings. The van der Waals surface area contributed by atoms with Gasteiger partial charge in [-0.25, -0.2) is 0 Å². The topological polar surface area (TPSA) is 52.6 Å². The fourth-order valence-corrected chi connectivity index (χ4v) is 3.97. The third-order valence-electron chi connectivity index (χ3n) is 1.95. The molecule has 0 saturated heterocycles. The summed E-state index contributed by atoms with van der Waals surface area (Å²) in [6, 6.07) is 0. The van der Waals surface area contributed by atoms with E-state index in [-0.39, 0.29) is 25.4 Å². The Morgan fingerprint density at radius 3 is 1.61 bits per heavy atom. The number of carbonyl (C=O) groups excluding carboxylic acids is 2. The van der Waals surface area contributed by atoms with Crippen LogP contribution in [-0.2, 0) is 32.6 Å². The zero-order valence-electron chi connectivity index (χ0n) is 11.2. The van der Waals surface area contributed by atoms with Crippen LogP contribution in [0.5, 0.6) is 0 Å². The van der Waals surface area contributed by atoms with E-state index in [1.54, 1.807) is 0 Å². The van der Waals surface area contributed by atoms with E-state index < -0.39 is 21.1 Å². The molecule has 0 radical (unpaired) electrons. The van der Waals surface area contributed by atoms with Crippen molar-refractivity contribution in [1.29, 1.82) is 0 Å². The largest absolute Gasteiger partial charge is 2.00 e. The van der Waals surface area contributed by atoms with Gasteiger partial charge in [0.25, 0.3) is 0 Å². The summed E-state index contributed by atoms with van der Waals surface area (Å²) in [6.07, 6.45) is 2.79. The molecule has 0 saturated carbocycles. The fraction of sp³-hybridized carbons (Fsp3) is 0.833. The van der Waals surface area contributed by atoms with Gasteiger partial charge in [0.2, 0.25) is 0 Å². The van der Waals surface area contributed by atoms with Crippen molar-refractivity contribution >= 4 is 46.6 Å². The van der Waals surface area contributed by atoms with Gasteiger partial charge in [0.1, 0.15) is 0 Å². The van der Waals surface area contributed by atoms with Crippen LogP contribution in [0.3, 0.4) is 0 Å². The molecule has 0 aliphatic heterocycles. The summed E-state index contributed by atoms with van der Waals surface area (Å²) in [4.78, 5) is 22.3. The predicted molar refractivity (Wildman–Crippen MR) is 74.5 cm³/mol. The molecular formula is C12H22O4SSn. The van der Waals surface area contributed by atoms with E-state index in [9.17, 15) is 9.59 Å². The first-order chi connectivity index (χ1) is 8.20. The van der Waals surface area contributed by atoms with Crippen LogP contribution in [0.25, 0.3) is 0 Å². The zero-order chi connectivity index (χ0) is 12.9. The predicted octanol–water partition coefficient (Wildman–Crippen LogP) is 2.21. The van der Waals surface area contributed by atoms with Gasteiger partial charge >= 0.3 is 114 Å². The maximum Gasteiger partial charge on any atom is -2.00 e. The van der Waals surface area contributed by atoms with Crippen LogP contribution in [0, 0.1) is 0 Å². The summed E-state index contributed by atoms with van der Waals surface area (Å²) in [7, 11) is 0. The normalized spacial score (nSPS) is 9.00. The minimum Gasteiger partial charge on any atom is -2.00 e. The van der Waals surface area contributed by atoms with Gasteiger partial charge in [-0.15, -0.1) is 0 Å². The second-order valence-electron chi connectivity index (χ2n) is 3.69. The second kappa shape index (κ2) is 15.1. The van der Waals surface area contributed by atoms with E-state index >= 15 is 0 Å². The number of rotatable bonds is 10. The van der Waals surface area contributed by atoms with Gasteiger partial charge in [-0.3, -0.25) is 0 Å². The summed E-state index contributed by atoms with van der Waals surface area (Å²) < 4.78 is 11.8. The maximum atomic E-state index is 11.2. The Hall–Kier alpha value is 0.0887. The summed E-state index contributed by atoms with van der Waals surface area (Å²) in [5.41, 5.74) is 0. The van der Waals surface area contributed by atoms with E-state index in [4.69, 9.17) is 9.47 Å². The molecule has 0 rings (SSSR count). The fourth-order valence-electron chi connectivity index (χ4n) is 1.08. The summed E-state index contributed by atoms with van der Waals surface area (Å²) in [6.45, 7) is 5.00. The Balaban J connectivity index is 0. The van der Waals surface area contributed by atoms with Gasteiger partial charge in [-0.05, 0) is 0 Å². The Kier molecular flexibility index (Phi) is 17.2. The number of hydrogen-bond donors (Lipinski definition) is 0. The number of hydrogen-bond acceptors (Lipinski definition) is 4. The molecular weight excluding hydrogens is 359 g/mol. The average molecular weight is 381 g/mol. The van der Waals surface area contributed by atoms with Gasteiger partial charge < -0.3 is 13.5 Å². The standard InChI is InChI=1S/2C6H11O2.S.Sn/c2*1-3-5-8-6(7)4-2;;/h2*2-5H2,1H3;;/q;;-2;+2. The molecule has 0 heterocycles. The minimum atomic E-state index is -0.588. The second-order valence-corrected chi connectivity index (χ2v) is 7.97. The first kappa shape index (κ1) is 20.4. The van der Waals surface area contributed by atoms with Crippen LogP contribution in [0.2, 0.25) is 8.87 Å². The van der Waals surface area contributed by atoms with E-state index in [0.29, 0.717) is 26.1 Å². The molecule has 0 aromatic carbocycles. The summed E-state index contributed by atoms with van der Waals surface area (Å²) in [5, 5.41) is 0. The Morgan fingerprint density at radius 1 is 0.889 bits per heavy atom. The number of ether oxygens (including phenoxy) is 2. The van der Waals surface area contributed by atoms with Crippen LogP contribution < -0.4 is 0 Å². The molecule has 0 aromatic heterocycles. The molecule has 0 aliphatic carbocycles. The van der Waals surface area contributed by atoms with Crippen molar-refractivity contribution in [2.75, 3.05) is 13.2 Å². The summed E-state index contributed by atoms with van der Waals surface area (Å²) in [5.74, 6) is -0.192. The van der Waals surface area contributed by atoms with Crippen LogP contribution in [0.15, 0.2) is 0 Å². The third-order valence-corrected chi connectivity index (χ3v) is 5.39. The minimum absolute atomic E-state index is 0. The third kappa shape index (κ3) is 14.2. The van der Waals surface area contributed by atoms with Crippen LogP contribution >= 0.6 is 0 Å². The molecule has 104 valence electrons. The molecule has 6 heteroatoms.